The maximum absolute atomic E-state index is 12.3. The largest absolute Gasteiger partial charge is 0.445 e. The Morgan fingerprint density at radius 1 is 1.04 bits per heavy atom. The van der Waals surface area contributed by atoms with Crippen LogP contribution in [0.2, 0.25) is 0 Å². The first-order valence-electron chi connectivity index (χ1n) is 9.30. The molecular formula is C21H23N5O2. The maximum Gasteiger partial charge on any atom is 0.410 e. The number of aromatic amines is 1. The number of hydrogen-bond donors (Lipinski definition) is 2. The lowest BCUT2D eigenvalue weighted by atomic mass is 10.1. The molecule has 2 aromatic carbocycles. The quantitative estimate of drug-likeness (QED) is 0.729. The molecule has 3 N–H and O–H groups in total. The number of ether oxygens (including phenoxy) is 1. The molecule has 1 aromatic heterocycles. The number of H-pyrrole nitrogens is 1. The zero-order chi connectivity index (χ0) is 19.3. The number of aromatic nitrogens is 2. The van der Waals surface area contributed by atoms with Crippen molar-refractivity contribution in [2.75, 3.05) is 36.8 Å². The molecule has 4 rings (SSSR count). The van der Waals surface area contributed by atoms with Crippen molar-refractivity contribution < 1.29 is 9.53 Å². The van der Waals surface area contributed by atoms with Gasteiger partial charge in [0.2, 0.25) is 0 Å². The van der Waals surface area contributed by atoms with E-state index >= 15 is 0 Å². The third-order valence-electron chi connectivity index (χ3n) is 4.96. The summed E-state index contributed by atoms with van der Waals surface area (Å²) in [6.07, 6.45) is 1.47. The van der Waals surface area contributed by atoms with Gasteiger partial charge in [-0.3, -0.25) is 5.10 Å². The van der Waals surface area contributed by atoms with E-state index in [0.29, 0.717) is 25.5 Å². The van der Waals surface area contributed by atoms with Crippen molar-refractivity contribution >= 4 is 17.6 Å². The molecule has 0 unspecified atom stereocenters. The zero-order valence-electron chi connectivity index (χ0n) is 15.5. The Balaban J connectivity index is 1.30. The van der Waals surface area contributed by atoms with Crippen LogP contribution in [-0.2, 0) is 11.3 Å². The minimum atomic E-state index is -0.255. The molecule has 0 aliphatic carbocycles. The van der Waals surface area contributed by atoms with Crippen molar-refractivity contribution in [1.82, 2.24) is 15.1 Å². The Morgan fingerprint density at radius 3 is 2.39 bits per heavy atom. The molecule has 2 heterocycles. The highest BCUT2D eigenvalue weighted by molar-refractivity contribution is 5.74. The Bertz CT molecular complexity index is 915. The molecule has 144 valence electrons. The molecule has 0 radical (unpaired) electrons. The summed E-state index contributed by atoms with van der Waals surface area (Å²) in [5, 5.41) is 6.71. The minimum absolute atomic E-state index is 0.255. The molecule has 7 heteroatoms. The summed E-state index contributed by atoms with van der Waals surface area (Å²) in [7, 11) is 0. The predicted octanol–water partition coefficient (Wildman–Crippen LogP) is 3.12. The van der Waals surface area contributed by atoms with Gasteiger partial charge in [-0.05, 0) is 23.3 Å². The molecule has 0 bridgehead atoms. The molecule has 0 saturated carbocycles. The molecule has 1 aliphatic heterocycles. The van der Waals surface area contributed by atoms with Gasteiger partial charge in [-0.1, -0.05) is 42.5 Å². The topological polar surface area (TPSA) is 87.5 Å². The van der Waals surface area contributed by atoms with E-state index in [2.05, 4.69) is 27.2 Å². The average Bonchev–Trinajstić information content (AvgIpc) is 3.19. The fourth-order valence-corrected chi connectivity index (χ4v) is 3.34. The number of carbonyl (C=O) groups is 1. The van der Waals surface area contributed by atoms with E-state index in [4.69, 9.17) is 10.5 Å². The number of nitrogens with zero attached hydrogens (tertiary/aromatic N) is 3. The summed E-state index contributed by atoms with van der Waals surface area (Å²) in [6, 6.07) is 18.0. The van der Waals surface area contributed by atoms with Gasteiger partial charge in [-0.2, -0.15) is 5.10 Å². The van der Waals surface area contributed by atoms with Gasteiger partial charge in [0, 0.05) is 37.4 Å². The number of amides is 1. The van der Waals surface area contributed by atoms with E-state index < -0.39 is 0 Å². The Morgan fingerprint density at radius 2 is 1.75 bits per heavy atom. The summed E-state index contributed by atoms with van der Waals surface area (Å²) >= 11 is 0. The van der Waals surface area contributed by atoms with Crippen LogP contribution in [0.25, 0.3) is 11.1 Å². The van der Waals surface area contributed by atoms with Crippen LogP contribution in [0.4, 0.5) is 16.3 Å². The van der Waals surface area contributed by atoms with Gasteiger partial charge < -0.3 is 20.3 Å². The Kier molecular flexibility index (Phi) is 5.14. The second-order valence-corrected chi connectivity index (χ2v) is 6.76. The fraction of sp³-hybridized carbons (Fsp3) is 0.238. The molecule has 28 heavy (non-hydrogen) atoms. The molecule has 0 atom stereocenters. The van der Waals surface area contributed by atoms with Crippen LogP contribution < -0.4 is 10.6 Å². The standard InChI is InChI=1S/C21H23N5O2/c22-20-19(14-23-24-20)17-6-8-18(9-7-17)25-10-12-26(13-11-25)21(27)28-15-16-4-2-1-3-5-16/h1-9,14H,10-13,15H2,(H3,22,23,24). The van der Waals surface area contributed by atoms with Crippen LogP contribution in [0.15, 0.2) is 60.8 Å². The summed E-state index contributed by atoms with van der Waals surface area (Å²) in [5.41, 5.74) is 9.93. The SMILES string of the molecule is Nc1[nH]ncc1-c1ccc(N2CCN(C(=O)OCc3ccccc3)CC2)cc1. The number of anilines is 2. The molecule has 0 spiro atoms. The van der Waals surface area contributed by atoms with E-state index in [-0.39, 0.29) is 6.09 Å². The van der Waals surface area contributed by atoms with Crippen LogP contribution in [-0.4, -0.2) is 47.4 Å². The van der Waals surface area contributed by atoms with Crippen LogP contribution in [0.1, 0.15) is 5.56 Å². The Labute approximate surface area is 163 Å². The normalized spacial score (nSPS) is 14.1. The molecule has 1 fully saturated rings. The van der Waals surface area contributed by atoms with E-state index in [1.807, 2.05) is 42.5 Å². The minimum Gasteiger partial charge on any atom is -0.445 e. The lowest BCUT2D eigenvalue weighted by molar-refractivity contribution is 0.0942. The van der Waals surface area contributed by atoms with Crippen LogP contribution in [0.3, 0.4) is 0 Å². The third kappa shape index (κ3) is 3.93. The van der Waals surface area contributed by atoms with Gasteiger partial charge in [0.1, 0.15) is 12.4 Å². The number of nitrogens with one attached hydrogen (secondary N) is 1. The van der Waals surface area contributed by atoms with Crippen molar-refractivity contribution in [3.8, 4) is 11.1 Å². The number of rotatable bonds is 4. The van der Waals surface area contributed by atoms with Crippen molar-refractivity contribution in [3.05, 3.63) is 66.4 Å². The predicted molar refractivity (Wildman–Crippen MR) is 109 cm³/mol. The lowest BCUT2D eigenvalue weighted by Gasteiger charge is -2.35. The molecule has 1 amide bonds. The smallest absolute Gasteiger partial charge is 0.410 e. The summed E-state index contributed by atoms with van der Waals surface area (Å²) < 4.78 is 5.42. The zero-order valence-corrected chi connectivity index (χ0v) is 15.5. The average molecular weight is 377 g/mol. The van der Waals surface area contributed by atoms with Gasteiger partial charge >= 0.3 is 6.09 Å². The lowest BCUT2D eigenvalue weighted by Crippen LogP contribution is -2.48. The molecular weight excluding hydrogens is 354 g/mol. The van der Waals surface area contributed by atoms with Crippen LogP contribution >= 0.6 is 0 Å². The van der Waals surface area contributed by atoms with Gasteiger partial charge in [-0.25, -0.2) is 4.79 Å². The molecule has 3 aromatic rings. The third-order valence-corrected chi connectivity index (χ3v) is 4.96. The highest BCUT2D eigenvalue weighted by atomic mass is 16.6. The second-order valence-electron chi connectivity index (χ2n) is 6.76. The van der Waals surface area contributed by atoms with E-state index in [1.54, 1.807) is 11.1 Å². The van der Waals surface area contributed by atoms with Crippen LogP contribution in [0, 0.1) is 0 Å². The number of carbonyl (C=O) groups excluding carboxylic acids is 1. The first kappa shape index (κ1) is 17.9. The van der Waals surface area contributed by atoms with Gasteiger partial charge in [-0.15, -0.1) is 0 Å². The summed E-state index contributed by atoms with van der Waals surface area (Å²) in [5.74, 6) is 0.565. The van der Waals surface area contributed by atoms with Crippen molar-refractivity contribution in [2.24, 2.45) is 0 Å². The van der Waals surface area contributed by atoms with Gasteiger partial charge in [0.15, 0.2) is 0 Å². The number of benzene rings is 2. The molecule has 1 saturated heterocycles. The number of nitrogen functional groups attached to an aromatic ring is 1. The van der Waals surface area contributed by atoms with E-state index in [1.165, 1.54) is 0 Å². The first-order chi connectivity index (χ1) is 13.7. The first-order valence-corrected chi connectivity index (χ1v) is 9.30. The maximum atomic E-state index is 12.3. The molecule has 7 nitrogen and oxygen atoms in total. The number of hydrogen-bond acceptors (Lipinski definition) is 5. The summed E-state index contributed by atoms with van der Waals surface area (Å²) in [4.78, 5) is 16.3. The fourth-order valence-electron chi connectivity index (χ4n) is 3.34. The number of piperazine rings is 1. The van der Waals surface area contributed by atoms with Gasteiger partial charge in [0.25, 0.3) is 0 Å². The Hall–Kier alpha value is -3.48. The number of nitrogens with two attached hydrogens (primary N) is 1. The second kappa shape index (κ2) is 8.04. The van der Waals surface area contributed by atoms with Crippen LogP contribution in [0.5, 0.6) is 0 Å². The monoisotopic (exact) mass is 377 g/mol. The van der Waals surface area contributed by atoms with Crippen molar-refractivity contribution in [1.29, 1.82) is 0 Å². The van der Waals surface area contributed by atoms with Crippen molar-refractivity contribution in [2.45, 2.75) is 6.61 Å². The van der Waals surface area contributed by atoms with Gasteiger partial charge in [0.05, 0.1) is 6.20 Å². The summed E-state index contributed by atoms with van der Waals surface area (Å²) in [6.45, 7) is 3.13. The van der Waals surface area contributed by atoms with E-state index in [0.717, 1.165) is 35.5 Å². The van der Waals surface area contributed by atoms with Crippen molar-refractivity contribution in [3.63, 3.8) is 0 Å². The van der Waals surface area contributed by atoms with E-state index in [9.17, 15) is 4.79 Å². The molecule has 1 aliphatic rings. The highest BCUT2D eigenvalue weighted by Crippen LogP contribution is 2.26. The highest BCUT2D eigenvalue weighted by Gasteiger charge is 2.22.